The lowest BCUT2D eigenvalue weighted by Crippen LogP contribution is -1.86. The zero-order valence-electron chi connectivity index (χ0n) is 8.60. The van der Waals surface area contributed by atoms with E-state index in [-0.39, 0.29) is 5.78 Å². The van der Waals surface area contributed by atoms with Gasteiger partial charge in [0.2, 0.25) is 0 Å². The van der Waals surface area contributed by atoms with Gasteiger partial charge < -0.3 is 4.42 Å². The van der Waals surface area contributed by atoms with Gasteiger partial charge in [-0.15, -0.1) is 23.5 Å². The molecule has 15 heavy (non-hydrogen) atoms. The van der Waals surface area contributed by atoms with Gasteiger partial charge in [-0.05, 0) is 36.8 Å². The van der Waals surface area contributed by atoms with Crippen molar-refractivity contribution >= 4 is 35.4 Å². The number of carbonyl (C=O) groups excluding carboxylic acids is 1. The van der Waals surface area contributed by atoms with Gasteiger partial charge in [-0.25, -0.2) is 0 Å². The number of carbonyl (C=O) groups is 1. The van der Waals surface area contributed by atoms with Crippen molar-refractivity contribution < 1.29 is 9.21 Å². The van der Waals surface area contributed by atoms with E-state index in [9.17, 15) is 4.79 Å². The maximum Gasteiger partial charge on any atom is 0.180 e. The summed E-state index contributed by atoms with van der Waals surface area (Å²) in [6.45, 7) is 0. The molecule has 0 atom stereocenters. The van der Waals surface area contributed by atoms with Crippen LogP contribution in [0, 0.1) is 0 Å². The summed E-state index contributed by atoms with van der Waals surface area (Å²) >= 11 is 3.13. The van der Waals surface area contributed by atoms with E-state index in [2.05, 4.69) is 0 Å². The maximum atomic E-state index is 11.4. The summed E-state index contributed by atoms with van der Waals surface area (Å²) in [6, 6.07) is 3.59. The topological polar surface area (TPSA) is 30.2 Å². The van der Waals surface area contributed by atoms with E-state index in [0.29, 0.717) is 5.76 Å². The third-order valence-electron chi connectivity index (χ3n) is 1.62. The molecule has 1 aromatic heterocycles. The molecule has 0 fully saturated rings. The van der Waals surface area contributed by atoms with Gasteiger partial charge in [0, 0.05) is 10.3 Å². The van der Waals surface area contributed by atoms with E-state index in [1.54, 1.807) is 54.1 Å². The van der Waals surface area contributed by atoms with Gasteiger partial charge in [-0.3, -0.25) is 4.79 Å². The van der Waals surface area contributed by atoms with Crippen LogP contribution in [0.2, 0.25) is 0 Å². The molecule has 0 N–H and O–H groups in total. The van der Waals surface area contributed by atoms with E-state index in [1.807, 2.05) is 12.5 Å². The fourth-order valence-electron chi connectivity index (χ4n) is 0.916. The second kappa shape index (κ2) is 6.58. The van der Waals surface area contributed by atoms with Gasteiger partial charge in [0.25, 0.3) is 0 Å². The standard InChI is InChI=1S/C11H12O2S2/c1-14-11(15-2)8-9(12)5-6-10-4-3-7-13-10/h3-8H,1-2H3/b6-5+. The van der Waals surface area contributed by atoms with Crippen LogP contribution in [-0.2, 0) is 4.79 Å². The molecule has 0 bridgehead atoms. The third-order valence-corrected chi connectivity index (χ3v) is 3.66. The molecule has 80 valence electrons. The number of furan rings is 1. The van der Waals surface area contributed by atoms with E-state index in [0.717, 1.165) is 4.24 Å². The molecule has 1 aromatic rings. The Hall–Kier alpha value is -0.870. The van der Waals surface area contributed by atoms with Crippen LogP contribution in [0.1, 0.15) is 5.76 Å². The van der Waals surface area contributed by atoms with Gasteiger partial charge >= 0.3 is 0 Å². The third kappa shape index (κ3) is 4.44. The van der Waals surface area contributed by atoms with E-state index >= 15 is 0 Å². The predicted octanol–water partition coefficient (Wildman–Crippen LogP) is 3.43. The summed E-state index contributed by atoms with van der Waals surface area (Å²) in [4.78, 5) is 11.4. The van der Waals surface area contributed by atoms with Crippen LogP contribution >= 0.6 is 23.5 Å². The number of allylic oxidation sites excluding steroid dienone is 2. The predicted molar refractivity (Wildman–Crippen MR) is 67.9 cm³/mol. The molecule has 0 saturated carbocycles. The quantitative estimate of drug-likeness (QED) is 0.738. The van der Waals surface area contributed by atoms with Gasteiger partial charge in [-0.1, -0.05) is 0 Å². The van der Waals surface area contributed by atoms with Gasteiger partial charge in [-0.2, -0.15) is 0 Å². The highest BCUT2D eigenvalue weighted by Crippen LogP contribution is 2.23. The molecular formula is C11H12O2S2. The van der Waals surface area contributed by atoms with Crippen LogP contribution in [0.25, 0.3) is 6.08 Å². The Morgan fingerprint density at radius 3 is 2.67 bits per heavy atom. The zero-order valence-corrected chi connectivity index (χ0v) is 10.2. The first-order valence-electron chi connectivity index (χ1n) is 4.31. The van der Waals surface area contributed by atoms with Crippen LogP contribution in [0.4, 0.5) is 0 Å². The van der Waals surface area contributed by atoms with Gasteiger partial charge in [0.05, 0.1) is 6.26 Å². The molecular weight excluding hydrogens is 228 g/mol. The molecule has 1 heterocycles. The summed E-state index contributed by atoms with van der Waals surface area (Å²) in [5, 5.41) is 0. The van der Waals surface area contributed by atoms with Crippen molar-refractivity contribution in [2.24, 2.45) is 0 Å². The molecule has 0 aliphatic heterocycles. The lowest BCUT2D eigenvalue weighted by atomic mass is 10.3. The smallest absolute Gasteiger partial charge is 0.180 e. The van der Waals surface area contributed by atoms with Crippen LogP contribution in [0.15, 0.2) is 39.2 Å². The highest BCUT2D eigenvalue weighted by molar-refractivity contribution is 8.21. The van der Waals surface area contributed by atoms with Gasteiger partial charge in [0.15, 0.2) is 5.78 Å². The summed E-state index contributed by atoms with van der Waals surface area (Å²) in [6.07, 6.45) is 10.3. The highest BCUT2D eigenvalue weighted by Gasteiger charge is 1.96. The van der Waals surface area contributed by atoms with E-state index < -0.39 is 0 Å². The SMILES string of the molecule is CSC(=CC(=O)/C=C/c1ccco1)SC. The van der Waals surface area contributed by atoms with Crippen molar-refractivity contribution in [1.29, 1.82) is 0 Å². The summed E-state index contributed by atoms with van der Waals surface area (Å²) in [7, 11) is 0. The minimum atomic E-state index is -0.0231. The molecule has 0 amide bonds. The minimum absolute atomic E-state index is 0.0231. The molecule has 1 rings (SSSR count). The minimum Gasteiger partial charge on any atom is -0.465 e. The number of rotatable bonds is 5. The molecule has 0 spiro atoms. The molecule has 0 radical (unpaired) electrons. The van der Waals surface area contributed by atoms with Gasteiger partial charge in [0.1, 0.15) is 5.76 Å². The summed E-state index contributed by atoms with van der Waals surface area (Å²) < 4.78 is 6.08. The van der Waals surface area contributed by atoms with Crippen LogP contribution < -0.4 is 0 Å². The zero-order chi connectivity index (χ0) is 11.1. The molecule has 2 nitrogen and oxygen atoms in total. The lowest BCUT2D eigenvalue weighted by Gasteiger charge is -1.95. The summed E-state index contributed by atoms with van der Waals surface area (Å²) in [5.41, 5.74) is 0. The number of hydrogen-bond acceptors (Lipinski definition) is 4. The Morgan fingerprint density at radius 1 is 1.40 bits per heavy atom. The normalized spacial score (nSPS) is 10.5. The lowest BCUT2D eigenvalue weighted by molar-refractivity contribution is -0.110. The first-order chi connectivity index (χ1) is 7.26. The number of hydrogen-bond donors (Lipinski definition) is 0. The molecule has 0 aliphatic carbocycles. The second-order valence-electron chi connectivity index (χ2n) is 2.62. The van der Waals surface area contributed by atoms with E-state index in [1.165, 1.54) is 6.08 Å². The Bertz CT molecular complexity index is 358. The maximum absolute atomic E-state index is 11.4. The monoisotopic (exact) mass is 240 g/mol. The fraction of sp³-hybridized carbons (Fsp3) is 0.182. The number of ketones is 1. The van der Waals surface area contributed by atoms with Crippen LogP contribution in [-0.4, -0.2) is 18.3 Å². The average molecular weight is 240 g/mol. The first kappa shape index (κ1) is 12.2. The molecule has 0 aromatic carbocycles. The van der Waals surface area contributed by atoms with Crippen molar-refractivity contribution in [2.45, 2.75) is 0 Å². The largest absolute Gasteiger partial charge is 0.465 e. The first-order valence-corrected chi connectivity index (χ1v) is 6.76. The Labute approximate surface area is 97.8 Å². The fourth-order valence-corrected chi connectivity index (χ4v) is 2.05. The summed E-state index contributed by atoms with van der Waals surface area (Å²) in [5.74, 6) is 0.664. The second-order valence-corrected chi connectivity index (χ2v) is 4.58. The molecule has 0 aliphatic rings. The Balaban J connectivity index is 2.59. The Morgan fingerprint density at radius 2 is 2.13 bits per heavy atom. The molecule has 0 unspecified atom stereocenters. The Kier molecular flexibility index (Phi) is 5.36. The van der Waals surface area contributed by atoms with Crippen LogP contribution in [0.5, 0.6) is 0 Å². The van der Waals surface area contributed by atoms with Crippen molar-refractivity contribution in [3.8, 4) is 0 Å². The van der Waals surface area contributed by atoms with Crippen molar-refractivity contribution in [1.82, 2.24) is 0 Å². The molecule has 0 saturated heterocycles. The van der Waals surface area contributed by atoms with Crippen LogP contribution in [0.3, 0.4) is 0 Å². The highest BCUT2D eigenvalue weighted by atomic mass is 32.2. The average Bonchev–Trinajstić information content (AvgIpc) is 2.75. The van der Waals surface area contributed by atoms with Crippen molar-refractivity contribution in [2.75, 3.05) is 12.5 Å². The van der Waals surface area contributed by atoms with E-state index in [4.69, 9.17) is 4.42 Å². The van der Waals surface area contributed by atoms with Crippen molar-refractivity contribution in [3.05, 3.63) is 40.5 Å². The molecule has 4 heteroatoms. The number of thioether (sulfide) groups is 2. The van der Waals surface area contributed by atoms with Crippen molar-refractivity contribution in [3.63, 3.8) is 0 Å².